The molecule has 0 saturated carbocycles. The Bertz CT molecular complexity index is 764. The van der Waals surface area contributed by atoms with Crippen molar-refractivity contribution in [3.05, 3.63) is 53.6 Å². The lowest BCUT2D eigenvalue weighted by Gasteiger charge is -2.19. The van der Waals surface area contributed by atoms with E-state index < -0.39 is 0 Å². The molecule has 2 aromatic rings. The highest BCUT2D eigenvalue weighted by Gasteiger charge is 2.15. The maximum atomic E-state index is 12.3. The summed E-state index contributed by atoms with van der Waals surface area (Å²) in [7, 11) is 5.24. The fraction of sp³-hybridized carbons (Fsp3) is 0.409. The van der Waals surface area contributed by atoms with Gasteiger partial charge in [-0.05, 0) is 41.3 Å². The van der Waals surface area contributed by atoms with Crippen LogP contribution in [-0.4, -0.2) is 33.7 Å². The van der Waals surface area contributed by atoms with Gasteiger partial charge in [0.15, 0.2) is 18.0 Å². The maximum Gasteiger partial charge on any atom is 0.279 e. The van der Waals surface area contributed by atoms with E-state index in [0.717, 1.165) is 22.7 Å². The Morgan fingerprint density at radius 2 is 1.63 bits per heavy atom. The van der Waals surface area contributed by atoms with Gasteiger partial charge in [0.1, 0.15) is 6.54 Å². The van der Waals surface area contributed by atoms with Crippen LogP contribution in [-0.2, 0) is 16.8 Å². The van der Waals surface area contributed by atoms with E-state index in [-0.39, 0.29) is 11.3 Å². The summed E-state index contributed by atoms with van der Waals surface area (Å²) < 4.78 is 10.6. The van der Waals surface area contributed by atoms with Gasteiger partial charge >= 0.3 is 0 Å². The van der Waals surface area contributed by atoms with Gasteiger partial charge < -0.3 is 19.7 Å². The highest BCUT2D eigenvalue weighted by Crippen LogP contribution is 2.27. The van der Waals surface area contributed by atoms with E-state index >= 15 is 0 Å². The van der Waals surface area contributed by atoms with Gasteiger partial charge in [0.25, 0.3) is 5.91 Å². The topological polar surface area (TPSA) is 52.0 Å². The quantitative estimate of drug-likeness (QED) is 0.787. The molecule has 5 nitrogen and oxygen atoms in total. The van der Waals surface area contributed by atoms with Crippen molar-refractivity contribution in [1.29, 1.82) is 0 Å². The number of benzene rings is 2. The number of anilines is 1. The van der Waals surface area contributed by atoms with Crippen molar-refractivity contribution in [1.82, 2.24) is 0 Å². The molecule has 0 saturated heterocycles. The molecule has 5 heteroatoms. The first-order chi connectivity index (χ1) is 12.7. The summed E-state index contributed by atoms with van der Waals surface area (Å²) in [6, 6.07) is 13.9. The minimum atomic E-state index is -0.00325. The molecule has 27 heavy (non-hydrogen) atoms. The zero-order valence-electron chi connectivity index (χ0n) is 17.2. The molecule has 0 aliphatic heterocycles. The number of nitrogens with one attached hydrogen (secondary N) is 2. The van der Waals surface area contributed by atoms with Crippen molar-refractivity contribution >= 4 is 11.6 Å². The van der Waals surface area contributed by atoms with Crippen LogP contribution in [0.3, 0.4) is 0 Å². The van der Waals surface area contributed by atoms with E-state index in [1.807, 2.05) is 37.4 Å². The van der Waals surface area contributed by atoms with Gasteiger partial charge in [0, 0.05) is 11.3 Å². The van der Waals surface area contributed by atoms with Crippen molar-refractivity contribution in [2.24, 2.45) is 0 Å². The number of quaternary nitrogens is 1. The summed E-state index contributed by atoms with van der Waals surface area (Å²) >= 11 is 0. The molecule has 0 fully saturated rings. The Kier molecular flexibility index (Phi) is 6.86. The SMILES string of the molecule is COc1ccc(C[NH+](C)CC(=O)Nc2ccc(C(C)(C)C)cc2)cc1OC. The first-order valence-corrected chi connectivity index (χ1v) is 9.15. The molecule has 0 radical (unpaired) electrons. The van der Waals surface area contributed by atoms with Gasteiger partial charge in [-0.15, -0.1) is 0 Å². The first-order valence-electron chi connectivity index (χ1n) is 9.15. The molecule has 2 aromatic carbocycles. The number of hydrogen-bond acceptors (Lipinski definition) is 3. The smallest absolute Gasteiger partial charge is 0.279 e. The van der Waals surface area contributed by atoms with Gasteiger partial charge in [0.05, 0.1) is 21.3 Å². The molecule has 0 spiro atoms. The zero-order valence-corrected chi connectivity index (χ0v) is 17.2. The molecule has 0 aliphatic rings. The zero-order chi connectivity index (χ0) is 20.0. The third-order valence-electron chi connectivity index (χ3n) is 4.45. The van der Waals surface area contributed by atoms with Crippen LogP contribution < -0.4 is 19.7 Å². The van der Waals surface area contributed by atoms with Crippen LogP contribution in [0.25, 0.3) is 0 Å². The number of methoxy groups -OCH3 is 2. The molecule has 146 valence electrons. The van der Waals surface area contributed by atoms with Crippen molar-refractivity contribution in [2.75, 3.05) is 33.1 Å². The van der Waals surface area contributed by atoms with E-state index in [0.29, 0.717) is 18.0 Å². The Morgan fingerprint density at radius 1 is 1.00 bits per heavy atom. The highest BCUT2D eigenvalue weighted by atomic mass is 16.5. The standard InChI is InChI=1S/C22H30N2O3/c1-22(2,3)17-8-10-18(11-9-17)23-21(25)15-24(4)14-16-7-12-19(26-5)20(13-16)27-6/h7-13H,14-15H2,1-6H3,(H,23,25)/p+1. The van der Waals surface area contributed by atoms with Gasteiger partial charge in [-0.2, -0.15) is 0 Å². The maximum absolute atomic E-state index is 12.3. The van der Waals surface area contributed by atoms with E-state index in [9.17, 15) is 4.79 Å². The van der Waals surface area contributed by atoms with Crippen LogP contribution in [0, 0.1) is 0 Å². The first kappa shape index (κ1) is 20.8. The molecule has 2 N–H and O–H groups in total. The van der Waals surface area contributed by atoms with Crippen LogP contribution in [0.2, 0.25) is 0 Å². The Morgan fingerprint density at radius 3 is 2.19 bits per heavy atom. The molecule has 0 aliphatic carbocycles. The number of carbonyl (C=O) groups is 1. The van der Waals surface area contributed by atoms with E-state index in [1.54, 1.807) is 14.2 Å². The lowest BCUT2D eigenvalue weighted by atomic mass is 9.87. The predicted octanol–water partition coefficient (Wildman–Crippen LogP) is 2.65. The monoisotopic (exact) mass is 371 g/mol. The molecule has 0 aromatic heterocycles. The second-order valence-corrected chi connectivity index (χ2v) is 7.88. The molecular weight excluding hydrogens is 340 g/mol. The average Bonchev–Trinajstić information content (AvgIpc) is 2.61. The van der Waals surface area contributed by atoms with Crippen molar-refractivity contribution in [3.8, 4) is 11.5 Å². The largest absolute Gasteiger partial charge is 0.493 e. The summed E-state index contributed by atoms with van der Waals surface area (Å²) in [5, 5.41) is 2.97. The average molecular weight is 372 g/mol. The molecule has 2 rings (SSSR count). The minimum Gasteiger partial charge on any atom is -0.493 e. The van der Waals surface area contributed by atoms with Crippen LogP contribution in [0.4, 0.5) is 5.69 Å². The molecule has 1 amide bonds. The molecule has 1 atom stereocenters. The second-order valence-electron chi connectivity index (χ2n) is 7.88. The van der Waals surface area contributed by atoms with E-state index in [4.69, 9.17) is 9.47 Å². The van der Waals surface area contributed by atoms with Gasteiger partial charge in [-0.25, -0.2) is 0 Å². The summed E-state index contributed by atoms with van der Waals surface area (Å²) in [5.41, 5.74) is 3.27. The van der Waals surface area contributed by atoms with Gasteiger partial charge in [-0.3, -0.25) is 4.79 Å². The minimum absolute atomic E-state index is 0.00325. The number of amides is 1. The number of ether oxygens (including phenoxy) is 2. The van der Waals surface area contributed by atoms with E-state index in [1.165, 1.54) is 5.56 Å². The Labute approximate surface area is 162 Å². The fourth-order valence-electron chi connectivity index (χ4n) is 2.93. The normalized spacial score (nSPS) is 12.4. The third-order valence-corrected chi connectivity index (χ3v) is 4.45. The van der Waals surface area contributed by atoms with Crippen LogP contribution in [0.15, 0.2) is 42.5 Å². The Hall–Kier alpha value is -2.53. The molecular formula is C22H31N2O3+. The number of carbonyl (C=O) groups excluding carboxylic acids is 1. The van der Waals surface area contributed by atoms with Crippen molar-refractivity contribution < 1.29 is 19.2 Å². The van der Waals surface area contributed by atoms with Gasteiger partial charge in [0.2, 0.25) is 0 Å². The number of likely N-dealkylation sites (N-methyl/N-ethyl adjacent to an activating group) is 1. The summed E-state index contributed by atoms with van der Waals surface area (Å²) in [6.07, 6.45) is 0. The molecule has 1 unspecified atom stereocenters. The van der Waals surface area contributed by atoms with Crippen molar-refractivity contribution in [2.45, 2.75) is 32.7 Å². The summed E-state index contributed by atoms with van der Waals surface area (Å²) in [5.74, 6) is 1.40. The van der Waals surface area contributed by atoms with Crippen LogP contribution >= 0.6 is 0 Å². The third kappa shape index (κ3) is 6.00. The summed E-state index contributed by atoms with van der Waals surface area (Å²) in [6.45, 7) is 7.62. The molecule has 0 bridgehead atoms. The number of rotatable bonds is 7. The fourth-order valence-corrected chi connectivity index (χ4v) is 2.93. The van der Waals surface area contributed by atoms with E-state index in [2.05, 4.69) is 38.2 Å². The Balaban J connectivity index is 1.92. The summed E-state index contributed by atoms with van der Waals surface area (Å²) in [4.78, 5) is 13.4. The highest BCUT2D eigenvalue weighted by molar-refractivity contribution is 5.91. The lowest BCUT2D eigenvalue weighted by molar-refractivity contribution is -0.885. The van der Waals surface area contributed by atoms with Crippen LogP contribution in [0.1, 0.15) is 31.9 Å². The number of hydrogen-bond donors (Lipinski definition) is 2. The second kappa shape index (κ2) is 8.91. The lowest BCUT2D eigenvalue weighted by Crippen LogP contribution is -3.08. The van der Waals surface area contributed by atoms with Crippen LogP contribution in [0.5, 0.6) is 11.5 Å². The molecule has 0 heterocycles. The van der Waals surface area contributed by atoms with Gasteiger partial charge in [-0.1, -0.05) is 32.9 Å². The predicted molar refractivity (Wildman–Crippen MR) is 109 cm³/mol. The van der Waals surface area contributed by atoms with Crippen molar-refractivity contribution in [3.63, 3.8) is 0 Å².